The van der Waals surface area contributed by atoms with Crippen LogP contribution in [0.15, 0.2) is 59.2 Å². The van der Waals surface area contributed by atoms with Crippen LogP contribution in [0, 0.1) is 0 Å². The van der Waals surface area contributed by atoms with Crippen LogP contribution in [0.25, 0.3) is 0 Å². The summed E-state index contributed by atoms with van der Waals surface area (Å²) in [7, 11) is 3.09. The number of rotatable bonds is 7. The van der Waals surface area contributed by atoms with E-state index in [4.69, 9.17) is 13.9 Å². The third-order valence-corrected chi connectivity index (χ3v) is 5.03. The average Bonchev–Trinajstić information content (AvgIpc) is 3.40. The molecule has 0 spiro atoms. The van der Waals surface area contributed by atoms with Crippen LogP contribution in [0.3, 0.4) is 0 Å². The highest BCUT2D eigenvalue weighted by Crippen LogP contribution is 2.28. The Balaban J connectivity index is 1.47. The fourth-order valence-corrected chi connectivity index (χ4v) is 3.41. The van der Waals surface area contributed by atoms with Gasteiger partial charge in [-0.05, 0) is 48.0 Å². The quantitative estimate of drug-likeness (QED) is 0.590. The Morgan fingerprint density at radius 3 is 2.45 bits per heavy atom. The molecule has 0 saturated heterocycles. The van der Waals surface area contributed by atoms with E-state index in [1.807, 2.05) is 6.07 Å². The third kappa shape index (κ3) is 3.87. The predicted molar refractivity (Wildman–Crippen MR) is 110 cm³/mol. The molecule has 0 atom stereocenters. The van der Waals surface area contributed by atoms with E-state index in [-0.39, 0.29) is 30.1 Å². The number of nitrogens with zero attached hydrogens (tertiary/aromatic N) is 1. The number of hydrogen-bond donors (Lipinski definition) is 1. The molecule has 2 aromatic carbocycles. The van der Waals surface area contributed by atoms with E-state index in [0.717, 1.165) is 10.5 Å². The topological polar surface area (TPSA) is 98.1 Å². The predicted octanol–water partition coefficient (Wildman–Crippen LogP) is 3.02. The van der Waals surface area contributed by atoms with Gasteiger partial charge < -0.3 is 19.2 Å². The molecule has 8 heteroatoms. The Bertz CT molecular complexity index is 1150. The number of ether oxygens (including phenoxy) is 2. The minimum Gasteiger partial charge on any atom is -0.493 e. The zero-order chi connectivity index (χ0) is 22.0. The Morgan fingerprint density at radius 2 is 1.74 bits per heavy atom. The highest BCUT2D eigenvalue weighted by molar-refractivity contribution is 6.22. The Hall–Kier alpha value is -4.07. The van der Waals surface area contributed by atoms with Crippen molar-refractivity contribution in [1.82, 2.24) is 10.2 Å². The molecular formula is C23H20N2O6. The molecule has 1 aliphatic heterocycles. The van der Waals surface area contributed by atoms with Crippen molar-refractivity contribution >= 4 is 17.7 Å². The molecule has 0 fully saturated rings. The molecule has 4 rings (SSSR count). The lowest BCUT2D eigenvalue weighted by atomic mass is 10.1. The van der Waals surface area contributed by atoms with Crippen LogP contribution < -0.4 is 14.8 Å². The van der Waals surface area contributed by atoms with Crippen LogP contribution in [-0.2, 0) is 13.1 Å². The SMILES string of the molecule is COc1ccc(CNC(=O)c2ccc3c(c2)C(=O)N(Cc2ccco2)C3=O)cc1OC. The lowest BCUT2D eigenvalue weighted by molar-refractivity contribution is 0.0631. The lowest BCUT2D eigenvalue weighted by Crippen LogP contribution is -2.28. The Morgan fingerprint density at radius 1 is 0.968 bits per heavy atom. The molecule has 0 aliphatic carbocycles. The van der Waals surface area contributed by atoms with Crippen molar-refractivity contribution in [3.8, 4) is 11.5 Å². The van der Waals surface area contributed by atoms with Gasteiger partial charge in [0, 0.05) is 12.1 Å². The van der Waals surface area contributed by atoms with Crippen molar-refractivity contribution in [2.45, 2.75) is 13.1 Å². The van der Waals surface area contributed by atoms with Crippen LogP contribution in [0.4, 0.5) is 0 Å². The number of methoxy groups -OCH3 is 2. The van der Waals surface area contributed by atoms with Crippen LogP contribution >= 0.6 is 0 Å². The summed E-state index contributed by atoms with van der Waals surface area (Å²) < 4.78 is 15.7. The minimum atomic E-state index is -0.453. The van der Waals surface area contributed by atoms with Gasteiger partial charge in [-0.2, -0.15) is 0 Å². The van der Waals surface area contributed by atoms with Gasteiger partial charge >= 0.3 is 0 Å². The molecule has 31 heavy (non-hydrogen) atoms. The van der Waals surface area contributed by atoms with Gasteiger partial charge in [0.15, 0.2) is 11.5 Å². The van der Waals surface area contributed by atoms with Gasteiger partial charge in [-0.15, -0.1) is 0 Å². The second-order valence-corrected chi connectivity index (χ2v) is 6.91. The highest BCUT2D eigenvalue weighted by Gasteiger charge is 2.36. The van der Waals surface area contributed by atoms with Crippen LogP contribution in [0.2, 0.25) is 0 Å². The van der Waals surface area contributed by atoms with Gasteiger partial charge in [0.05, 0.1) is 38.2 Å². The smallest absolute Gasteiger partial charge is 0.261 e. The molecule has 0 radical (unpaired) electrons. The zero-order valence-corrected chi connectivity index (χ0v) is 17.0. The Kier molecular flexibility index (Phi) is 5.44. The maximum absolute atomic E-state index is 12.7. The fourth-order valence-electron chi connectivity index (χ4n) is 3.41. The van der Waals surface area contributed by atoms with Crippen molar-refractivity contribution in [3.63, 3.8) is 0 Å². The van der Waals surface area contributed by atoms with Crippen molar-refractivity contribution in [3.05, 3.63) is 82.8 Å². The average molecular weight is 420 g/mol. The van der Waals surface area contributed by atoms with Gasteiger partial charge in [0.25, 0.3) is 17.7 Å². The van der Waals surface area contributed by atoms with E-state index < -0.39 is 11.8 Å². The monoisotopic (exact) mass is 420 g/mol. The summed E-state index contributed by atoms with van der Waals surface area (Å²) in [6, 6.07) is 13.2. The molecular weight excluding hydrogens is 400 g/mol. The molecule has 158 valence electrons. The first kappa shape index (κ1) is 20.2. The second kappa shape index (κ2) is 8.35. The summed E-state index contributed by atoms with van der Waals surface area (Å²) in [5.74, 6) is 0.440. The molecule has 0 saturated carbocycles. The fraction of sp³-hybridized carbons (Fsp3) is 0.174. The largest absolute Gasteiger partial charge is 0.493 e. The van der Waals surface area contributed by atoms with E-state index in [2.05, 4.69) is 5.32 Å². The maximum Gasteiger partial charge on any atom is 0.261 e. The molecule has 3 aromatic rings. The number of nitrogens with one attached hydrogen (secondary N) is 1. The van der Waals surface area contributed by atoms with Crippen LogP contribution in [-0.4, -0.2) is 36.8 Å². The van der Waals surface area contributed by atoms with Gasteiger partial charge in [-0.25, -0.2) is 0 Å². The van der Waals surface area contributed by atoms with Crippen molar-refractivity contribution in [2.24, 2.45) is 0 Å². The first-order valence-corrected chi connectivity index (χ1v) is 9.53. The van der Waals surface area contributed by atoms with Gasteiger partial charge in [-0.3, -0.25) is 19.3 Å². The molecule has 1 aliphatic rings. The number of benzene rings is 2. The zero-order valence-electron chi connectivity index (χ0n) is 17.0. The number of fused-ring (bicyclic) bond motifs is 1. The minimum absolute atomic E-state index is 0.0418. The first-order chi connectivity index (χ1) is 15.0. The normalized spacial score (nSPS) is 12.6. The summed E-state index contributed by atoms with van der Waals surface area (Å²) in [5, 5.41) is 2.81. The highest BCUT2D eigenvalue weighted by atomic mass is 16.5. The van der Waals surface area contributed by atoms with Crippen LogP contribution in [0.5, 0.6) is 11.5 Å². The molecule has 8 nitrogen and oxygen atoms in total. The third-order valence-electron chi connectivity index (χ3n) is 5.03. The number of carbonyl (C=O) groups excluding carboxylic acids is 3. The van der Waals surface area contributed by atoms with Gasteiger partial charge in [0.2, 0.25) is 0 Å². The Labute approximate surface area is 178 Å². The van der Waals surface area contributed by atoms with Crippen molar-refractivity contribution < 1.29 is 28.3 Å². The molecule has 0 unspecified atom stereocenters. The molecule has 1 aromatic heterocycles. The van der Waals surface area contributed by atoms with Gasteiger partial charge in [0.1, 0.15) is 5.76 Å². The molecule has 2 heterocycles. The lowest BCUT2D eigenvalue weighted by Gasteiger charge is -2.11. The summed E-state index contributed by atoms with van der Waals surface area (Å²) in [4.78, 5) is 39.0. The summed E-state index contributed by atoms with van der Waals surface area (Å²) in [6.45, 7) is 0.300. The standard InChI is InChI=1S/C23H20N2O6/c1-29-19-8-5-14(10-20(19)30-2)12-24-21(26)15-6-7-17-18(11-15)23(28)25(22(17)27)13-16-4-3-9-31-16/h3-11H,12-13H2,1-2H3,(H,24,26). The van der Waals surface area contributed by atoms with E-state index in [0.29, 0.717) is 22.8 Å². The number of furan rings is 1. The number of carbonyl (C=O) groups is 3. The van der Waals surface area contributed by atoms with Crippen LogP contribution in [0.1, 0.15) is 42.4 Å². The van der Waals surface area contributed by atoms with E-state index >= 15 is 0 Å². The molecule has 0 bridgehead atoms. The van der Waals surface area contributed by atoms with E-state index in [1.54, 1.807) is 31.4 Å². The molecule has 1 N–H and O–H groups in total. The van der Waals surface area contributed by atoms with Gasteiger partial charge in [-0.1, -0.05) is 6.07 Å². The summed E-state index contributed by atoms with van der Waals surface area (Å²) in [6.07, 6.45) is 1.48. The molecule has 3 amide bonds. The number of hydrogen-bond acceptors (Lipinski definition) is 6. The summed E-state index contributed by atoms with van der Waals surface area (Å²) >= 11 is 0. The van der Waals surface area contributed by atoms with E-state index in [1.165, 1.54) is 31.6 Å². The maximum atomic E-state index is 12.7. The number of amides is 3. The summed E-state index contributed by atoms with van der Waals surface area (Å²) in [5.41, 5.74) is 1.59. The number of imide groups is 1. The second-order valence-electron chi connectivity index (χ2n) is 6.91. The first-order valence-electron chi connectivity index (χ1n) is 9.53. The van der Waals surface area contributed by atoms with E-state index in [9.17, 15) is 14.4 Å². The van der Waals surface area contributed by atoms with Crippen molar-refractivity contribution in [1.29, 1.82) is 0 Å². The van der Waals surface area contributed by atoms with Crippen molar-refractivity contribution in [2.75, 3.05) is 14.2 Å².